The number of halogens is 8. The van der Waals surface area contributed by atoms with Crippen molar-refractivity contribution < 1.29 is 17.2 Å². The van der Waals surface area contributed by atoms with Gasteiger partial charge in [0.05, 0.1) is 115 Å². The summed E-state index contributed by atoms with van der Waals surface area (Å²) in [6.45, 7) is 36.9. The highest BCUT2D eigenvalue weighted by Gasteiger charge is 2.28. The van der Waals surface area contributed by atoms with E-state index < -0.39 is 27.7 Å². The number of sulfone groups is 1. The highest BCUT2D eigenvalue weighted by molar-refractivity contribution is 14.1. The zero-order valence-corrected chi connectivity index (χ0v) is 70.3. The Morgan fingerprint density at radius 2 is 0.770 bits per heavy atom. The van der Waals surface area contributed by atoms with Crippen molar-refractivity contribution in [2.45, 2.75) is 56.8 Å². The Morgan fingerprint density at radius 3 is 1.11 bits per heavy atom. The van der Waals surface area contributed by atoms with Gasteiger partial charge in [-0.1, -0.05) is 88.3 Å². The number of nitriles is 1. The number of fused-ring (bicyclic) bond motifs is 4. The molecule has 0 fully saturated rings. The third-order valence-corrected chi connectivity index (χ3v) is 21.2. The van der Waals surface area contributed by atoms with E-state index in [1.54, 1.807) is 54.6 Å². The monoisotopic (exact) mass is 1860 g/mol. The zero-order chi connectivity index (χ0) is 87.1. The summed E-state index contributed by atoms with van der Waals surface area (Å²) in [4.78, 5) is 62.7. The number of nitrogens with zero attached hydrogens (tertiary/aromatic N) is 25. The van der Waals surface area contributed by atoms with E-state index in [2.05, 4.69) is 127 Å². The number of rotatable bonds is 17. The largest absolute Gasteiger partial charge is 0.392 e. The van der Waals surface area contributed by atoms with E-state index >= 15 is 0 Å². The van der Waals surface area contributed by atoms with E-state index in [-0.39, 0.29) is 90.6 Å². The molecule has 16 rings (SSSR count). The van der Waals surface area contributed by atoms with Gasteiger partial charge < -0.3 is 44.2 Å². The molecule has 4 atom stereocenters. The lowest BCUT2D eigenvalue weighted by molar-refractivity contribution is 0.602. The number of hydrogen-bond acceptors (Lipinski definition) is 27. The van der Waals surface area contributed by atoms with Crippen LogP contribution in [-0.4, -0.2) is 113 Å². The van der Waals surface area contributed by atoms with E-state index in [9.17, 15) is 22.5 Å². The Hall–Kier alpha value is -14.5. The Balaban J connectivity index is 0.000000140. The third-order valence-electron chi connectivity index (χ3n) is 18.1. The lowest BCUT2D eigenvalue weighted by Gasteiger charge is -2.20. The first-order valence-electron chi connectivity index (χ1n) is 35.3. The summed E-state index contributed by atoms with van der Waals surface area (Å²) in [6.07, 6.45) is 12.2. The first-order chi connectivity index (χ1) is 58.4. The lowest BCUT2D eigenvalue weighted by Crippen LogP contribution is -2.13. The number of imidazole rings is 4. The molecule has 0 amide bonds. The third kappa shape index (κ3) is 18.4. The molecular weight excluding hydrogens is 1810 g/mol. The molecule has 0 spiro atoms. The second-order valence-corrected chi connectivity index (χ2v) is 31.4. The van der Waals surface area contributed by atoms with Crippen LogP contribution in [0.4, 0.5) is 78.1 Å². The van der Waals surface area contributed by atoms with Gasteiger partial charge in [-0.25, -0.2) is 114 Å². The fraction of sp³-hybridized carbons (Fsp3) is 0.115. The van der Waals surface area contributed by atoms with Crippen LogP contribution in [0.3, 0.4) is 0 Å². The first-order valence-corrected chi connectivity index (χ1v) is 40.2. The molecule has 0 aliphatic heterocycles. The molecule has 35 nitrogen and oxygen atoms in total. The molecule has 12 N–H and O–H groups in total. The Bertz CT molecular complexity index is 6920. The molecule has 0 unspecified atom stereocenters. The minimum atomic E-state index is -3.54. The molecule has 122 heavy (non-hydrogen) atoms. The van der Waals surface area contributed by atoms with Crippen molar-refractivity contribution >= 4 is 182 Å². The number of aromatic nitrogens is 20. The number of nitrogens with one attached hydrogen (secondary N) is 4. The summed E-state index contributed by atoms with van der Waals surface area (Å²) in [5, 5.41) is 41.9. The average molecular weight is 1860 g/mol. The number of anilines is 8. The smallest absolute Gasteiger partial charge is 0.268 e. The molecule has 0 aliphatic carbocycles. The second-order valence-electron chi connectivity index (χ2n) is 26.2. The molecule has 0 saturated carbocycles. The van der Waals surface area contributed by atoms with Gasteiger partial charge in [-0.3, -0.25) is 0 Å². The van der Waals surface area contributed by atoms with Crippen molar-refractivity contribution in [3.05, 3.63) is 274 Å². The molecule has 608 valence electrons. The van der Waals surface area contributed by atoms with Crippen LogP contribution >= 0.6 is 80.6 Å². The normalized spacial score (nSPS) is 12.0. The Kier molecular flexibility index (Phi) is 25.5. The molecule has 4 aromatic carbocycles. The van der Waals surface area contributed by atoms with Crippen LogP contribution in [0.5, 0.6) is 0 Å². The van der Waals surface area contributed by atoms with Crippen LogP contribution in [-0.2, 0) is 9.84 Å². The minimum absolute atomic E-state index is 0.0564. The van der Waals surface area contributed by atoms with E-state index in [0.717, 1.165) is 26.5 Å². The molecule has 44 heteroatoms. The van der Waals surface area contributed by atoms with Crippen molar-refractivity contribution in [1.29, 1.82) is 5.26 Å². The summed E-state index contributed by atoms with van der Waals surface area (Å²) in [5.41, 5.74) is 33.2. The van der Waals surface area contributed by atoms with E-state index in [1.165, 1.54) is 98.5 Å². The fourth-order valence-corrected chi connectivity index (χ4v) is 14.9. The minimum Gasteiger partial charge on any atom is -0.392 e. The van der Waals surface area contributed by atoms with Crippen molar-refractivity contribution in [2.24, 2.45) is 0 Å². The SMILES string of the molecule is [C-]#[N+]c1c(N)ncnc1N[C@@H](C)c1cc2ncc(Cl)n2nc1-c1cc(F)cc(Cl)c1.[C-]#[N+]c1c(N)ncnc1N[C@@H](C)c1cc2ncc(Cl)n2nc1-c1cc(F)cc(I)c1.[C-]#[N+]c1c(N)ncnc1N[C@@H](C)c1cc2ncc(Cl)n2nc1-c1cccc(C#N)c1.[C-]#[N+]c1c(N)ncnc1N[C@@H](C)c1cc2ncc(Cl)n2nc1-c1ccccc1S(C)(=O)=O. The van der Waals surface area contributed by atoms with E-state index in [1.807, 2.05) is 74.6 Å². The maximum absolute atomic E-state index is 14.1. The topological polar surface area (TPSA) is 451 Å². The van der Waals surface area contributed by atoms with Crippen molar-refractivity contribution in [1.82, 2.24) is 98.3 Å². The van der Waals surface area contributed by atoms with Crippen LogP contribution in [0.15, 0.2) is 164 Å². The molecule has 16 aromatic rings. The average Bonchev–Trinajstić information content (AvgIpc) is 1.47. The van der Waals surface area contributed by atoms with Gasteiger partial charge >= 0.3 is 0 Å². The summed E-state index contributed by atoms with van der Waals surface area (Å²) < 4.78 is 59.7. The van der Waals surface area contributed by atoms with Crippen LogP contribution in [0, 0.1) is 52.8 Å². The van der Waals surface area contributed by atoms with Crippen molar-refractivity contribution in [3.63, 3.8) is 0 Å². The summed E-state index contributed by atoms with van der Waals surface area (Å²) in [7, 11) is -3.54. The molecule has 12 aromatic heterocycles. The van der Waals surface area contributed by atoms with Gasteiger partial charge in [0.25, 0.3) is 22.7 Å². The fourth-order valence-electron chi connectivity index (χ4n) is 12.5. The highest BCUT2D eigenvalue weighted by Crippen LogP contribution is 2.41. The predicted octanol–water partition coefficient (Wildman–Crippen LogP) is 17.4. The van der Waals surface area contributed by atoms with Crippen LogP contribution in [0.25, 0.3) is 87.0 Å². The maximum atomic E-state index is 14.1. The quantitative estimate of drug-likeness (QED) is 0.0310. The molecular formula is C78H57Cl5F2IN33O2S. The second kappa shape index (κ2) is 36.4. The van der Waals surface area contributed by atoms with Gasteiger partial charge in [0.15, 0.2) is 53.0 Å². The lowest BCUT2D eigenvalue weighted by atomic mass is 10.00. The first kappa shape index (κ1) is 85.4. The Labute approximate surface area is 729 Å². The van der Waals surface area contributed by atoms with Crippen molar-refractivity contribution in [3.8, 4) is 51.1 Å². The van der Waals surface area contributed by atoms with Gasteiger partial charge in [0, 0.05) is 59.4 Å². The highest BCUT2D eigenvalue weighted by atomic mass is 127. The molecule has 0 radical (unpaired) electrons. The van der Waals surface area contributed by atoms with Gasteiger partial charge in [0.2, 0.25) is 0 Å². The standard InChI is InChI=1S/C20H14ClN9.C20H17ClN8O2S.C19H13Cl2FN8.C19H13ClFIN8/c1-11(28-20-18(24-2)19(23)26-10-27-20)14-7-16-25-9-15(21)30(16)29-17(14)13-5-3-4-12(6-13)8-22;1-11(27-20-18(23-2)19(22)25-10-26-20)13-8-16-24-9-15(21)29(16)28-17(13)12-6-4-5-7-14(12)32(3,30)31;1-9(28-19-17(24-2)18(23)26-8-27-19)13-6-15-25-7-14(21)30(15)29-16(13)10-3-11(20)5-12(22)4-10;1-9(28-19-17(24-2)18(23)26-8-27-19)13-6-15-25-7-14(20)30(15)29-16(13)10-3-11(21)5-12(22)4-10/h3-7,9-11H,1H3,(H3,23,26,27,28);4-11H,1,3H3,(H3,22,25,26,27);2*3-9H,1H3,(H3,23,26,27,28)/t2*11-;2*9-/m0000/s1. The van der Waals surface area contributed by atoms with Gasteiger partial charge in [0.1, 0.15) is 83.5 Å². The van der Waals surface area contributed by atoms with E-state index in [4.69, 9.17) is 107 Å². The number of nitrogen functional groups attached to an aromatic ring is 4. The van der Waals surface area contributed by atoms with Gasteiger partial charge in [-0.15, -0.1) is 0 Å². The number of benzene rings is 4. The predicted molar refractivity (Wildman–Crippen MR) is 468 cm³/mol. The van der Waals surface area contributed by atoms with Crippen LogP contribution in [0.2, 0.25) is 25.6 Å². The van der Waals surface area contributed by atoms with E-state index in [0.29, 0.717) is 106 Å². The van der Waals surface area contributed by atoms with Gasteiger partial charge in [-0.2, -0.15) is 25.7 Å². The molecule has 0 saturated heterocycles. The molecule has 12 heterocycles. The zero-order valence-electron chi connectivity index (χ0n) is 63.6. The summed E-state index contributed by atoms with van der Waals surface area (Å²) in [6, 6.07) is 30.3. The van der Waals surface area contributed by atoms with Crippen molar-refractivity contribution in [2.75, 3.05) is 50.5 Å². The number of nitrogens with two attached hydrogens (primary N) is 4. The van der Waals surface area contributed by atoms with Crippen LogP contribution < -0.4 is 44.2 Å². The van der Waals surface area contributed by atoms with Crippen LogP contribution in [0.1, 0.15) is 79.7 Å². The van der Waals surface area contributed by atoms with Gasteiger partial charge in [-0.05, 0) is 129 Å². The Morgan fingerprint density at radius 1 is 0.434 bits per heavy atom. The summed E-state index contributed by atoms with van der Waals surface area (Å²) >= 11 is 32.9. The molecule has 0 bridgehead atoms. The summed E-state index contributed by atoms with van der Waals surface area (Å²) in [5.74, 6) is 0.587. The maximum Gasteiger partial charge on any atom is 0.268 e. The number of hydrogen-bond donors (Lipinski definition) is 8. The molecule has 0 aliphatic rings.